The first-order valence-electron chi connectivity index (χ1n) is 7.82. The maximum absolute atomic E-state index is 12.6. The molecular weight excluding hydrogens is 322 g/mol. The third-order valence-corrected chi connectivity index (χ3v) is 4.16. The highest BCUT2D eigenvalue weighted by molar-refractivity contribution is 6.16. The van der Waals surface area contributed by atoms with Crippen molar-refractivity contribution in [2.45, 2.75) is 19.4 Å². The maximum atomic E-state index is 12.6. The van der Waals surface area contributed by atoms with Crippen LogP contribution in [-0.4, -0.2) is 27.0 Å². The third kappa shape index (κ3) is 2.71. The summed E-state index contributed by atoms with van der Waals surface area (Å²) in [6, 6.07) is 11.4. The number of aliphatic hydroxyl groups excluding tert-OH is 1. The lowest BCUT2D eigenvalue weighted by atomic mass is 9.94. The second kappa shape index (κ2) is 6.32. The molecule has 1 amide bonds. The number of hydrogen-bond acceptors (Lipinski definition) is 5. The van der Waals surface area contributed by atoms with Crippen molar-refractivity contribution in [1.29, 1.82) is 0 Å². The Kier molecular flexibility index (Phi) is 4.19. The van der Waals surface area contributed by atoms with E-state index in [0.29, 0.717) is 5.56 Å². The van der Waals surface area contributed by atoms with Gasteiger partial charge in [-0.1, -0.05) is 31.2 Å². The van der Waals surface area contributed by atoms with Crippen LogP contribution in [0.5, 0.6) is 11.5 Å². The molecule has 0 saturated carbocycles. The molecule has 6 heteroatoms. The predicted molar refractivity (Wildman–Crippen MR) is 91.4 cm³/mol. The highest BCUT2D eigenvalue weighted by Gasteiger charge is 2.44. The molecule has 0 aliphatic carbocycles. The molecule has 1 aliphatic heterocycles. The van der Waals surface area contributed by atoms with Crippen molar-refractivity contribution in [2.75, 3.05) is 4.90 Å². The van der Waals surface area contributed by atoms with Crippen LogP contribution in [0.2, 0.25) is 0 Å². The minimum absolute atomic E-state index is 0.0307. The number of ketones is 1. The van der Waals surface area contributed by atoms with E-state index < -0.39 is 17.7 Å². The van der Waals surface area contributed by atoms with Gasteiger partial charge in [-0.2, -0.15) is 0 Å². The quantitative estimate of drug-likeness (QED) is 0.795. The zero-order valence-corrected chi connectivity index (χ0v) is 13.5. The van der Waals surface area contributed by atoms with E-state index in [-0.39, 0.29) is 35.0 Å². The van der Waals surface area contributed by atoms with Crippen molar-refractivity contribution in [3.05, 3.63) is 65.4 Å². The number of nitrogens with zero attached hydrogens (tertiary/aromatic N) is 1. The molecule has 0 bridgehead atoms. The molecule has 0 saturated heterocycles. The Morgan fingerprint density at radius 1 is 1.08 bits per heavy atom. The highest BCUT2D eigenvalue weighted by Crippen LogP contribution is 2.44. The fourth-order valence-electron chi connectivity index (χ4n) is 3.01. The average molecular weight is 339 g/mol. The Morgan fingerprint density at radius 2 is 1.80 bits per heavy atom. The van der Waals surface area contributed by atoms with Gasteiger partial charge in [-0.25, -0.2) is 0 Å². The molecule has 0 spiro atoms. The summed E-state index contributed by atoms with van der Waals surface area (Å²) < 4.78 is 0. The Balaban J connectivity index is 2.23. The van der Waals surface area contributed by atoms with E-state index in [1.807, 2.05) is 0 Å². The van der Waals surface area contributed by atoms with Gasteiger partial charge >= 0.3 is 0 Å². The Bertz CT molecular complexity index is 887. The minimum atomic E-state index is -0.930. The fraction of sp³-hybridized carbons (Fsp3) is 0.158. The lowest BCUT2D eigenvalue weighted by molar-refractivity contribution is -0.118. The molecule has 3 N–H and O–H groups in total. The summed E-state index contributed by atoms with van der Waals surface area (Å²) in [5.74, 6) is -1.97. The van der Waals surface area contributed by atoms with Crippen LogP contribution in [0, 0.1) is 0 Å². The van der Waals surface area contributed by atoms with Gasteiger partial charge in [0.25, 0.3) is 5.91 Å². The van der Waals surface area contributed by atoms with Crippen LogP contribution in [0.1, 0.15) is 24.9 Å². The molecular formula is C19H17NO5. The Morgan fingerprint density at radius 3 is 2.44 bits per heavy atom. The van der Waals surface area contributed by atoms with Crippen LogP contribution in [0.3, 0.4) is 0 Å². The molecule has 0 aromatic heterocycles. The topological polar surface area (TPSA) is 98.1 Å². The van der Waals surface area contributed by atoms with Crippen LogP contribution >= 0.6 is 0 Å². The largest absolute Gasteiger partial charge is 0.508 e. The number of rotatable bonds is 4. The van der Waals surface area contributed by atoms with Gasteiger partial charge in [0.15, 0.2) is 11.5 Å². The molecule has 0 fully saturated rings. The van der Waals surface area contributed by atoms with Crippen LogP contribution in [0.15, 0.2) is 59.9 Å². The van der Waals surface area contributed by atoms with Crippen molar-refractivity contribution < 1.29 is 24.9 Å². The lowest BCUT2D eigenvalue weighted by Gasteiger charge is -2.27. The predicted octanol–water partition coefficient (Wildman–Crippen LogP) is 2.98. The van der Waals surface area contributed by atoms with Crippen LogP contribution in [0.4, 0.5) is 5.69 Å². The lowest BCUT2D eigenvalue weighted by Crippen LogP contribution is -2.31. The van der Waals surface area contributed by atoms with Crippen molar-refractivity contribution in [3.63, 3.8) is 0 Å². The van der Waals surface area contributed by atoms with E-state index >= 15 is 0 Å². The van der Waals surface area contributed by atoms with Gasteiger partial charge in [0.2, 0.25) is 0 Å². The van der Waals surface area contributed by atoms with Gasteiger partial charge in [0.1, 0.15) is 11.5 Å². The summed E-state index contributed by atoms with van der Waals surface area (Å²) in [6.45, 7) is 1.63. The molecule has 2 aromatic carbocycles. The van der Waals surface area contributed by atoms with Crippen molar-refractivity contribution in [1.82, 2.24) is 0 Å². The summed E-state index contributed by atoms with van der Waals surface area (Å²) in [7, 11) is 0. The second-order valence-corrected chi connectivity index (χ2v) is 5.70. The molecule has 1 unspecified atom stereocenters. The van der Waals surface area contributed by atoms with Gasteiger partial charge in [0, 0.05) is 6.42 Å². The molecule has 1 atom stereocenters. The summed E-state index contributed by atoms with van der Waals surface area (Å²) in [4.78, 5) is 26.2. The van der Waals surface area contributed by atoms with Crippen molar-refractivity contribution >= 4 is 17.4 Å². The van der Waals surface area contributed by atoms with Gasteiger partial charge in [-0.3, -0.25) is 14.5 Å². The Labute approximate surface area is 144 Å². The normalized spacial score (nSPS) is 17.2. The molecule has 0 radical (unpaired) electrons. The van der Waals surface area contributed by atoms with Crippen LogP contribution in [0.25, 0.3) is 0 Å². The highest BCUT2D eigenvalue weighted by atomic mass is 16.3. The van der Waals surface area contributed by atoms with Crippen molar-refractivity contribution in [2.24, 2.45) is 0 Å². The SMILES string of the molecule is CCC(=O)C1=C(O)C(=O)N(c2ccccc2O)C1c1cccc(O)c1. The molecule has 25 heavy (non-hydrogen) atoms. The number of benzene rings is 2. The first kappa shape index (κ1) is 16.6. The van der Waals surface area contributed by atoms with E-state index in [4.69, 9.17) is 0 Å². The molecule has 6 nitrogen and oxygen atoms in total. The molecule has 128 valence electrons. The van der Waals surface area contributed by atoms with E-state index in [9.17, 15) is 24.9 Å². The number of aliphatic hydroxyl groups is 1. The number of hydrogen-bond donors (Lipinski definition) is 3. The number of aromatic hydroxyl groups is 2. The first-order valence-corrected chi connectivity index (χ1v) is 7.82. The minimum Gasteiger partial charge on any atom is -0.508 e. The number of amides is 1. The van der Waals surface area contributed by atoms with Gasteiger partial charge in [0.05, 0.1) is 17.3 Å². The van der Waals surface area contributed by atoms with Gasteiger partial charge in [-0.05, 0) is 29.8 Å². The van der Waals surface area contributed by atoms with E-state index in [1.165, 1.54) is 29.2 Å². The van der Waals surface area contributed by atoms with Crippen LogP contribution in [-0.2, 0) is 9.59 Å². The van der Waals surface area contributed by atoms with Crippen molar-refractivity contribution in [3.8, 4) is 11.5 Å². The fourth-order valence-corrected chi connectivity index (χ4v) is 3.01. The summed E-state index contributed by atoms with van der Waals surface area (Å²) >= 11 is 0. The first-order chi connectivity index (χ1) is 12.0. The number of Topliss-reactive ketones (excluding diaryl/α,β-unsaturated/α-hetero) is 1. The van der Waals surface area contributed by atoms with E-state index in [0.717, 1.165) is 0 Å². The Hall–Kier alpha value is -3.28. The van der Waals surface area contributed by atoms with Gasteiger partial charge in [-0.15, -0.1) is 0 Å². The van der Waals surface area contributed by atoms with E-state index in [1.54, 1.807) is 31.2 Å². The zero-order valence-electron chi connectivity index (χ0n) is 13.5. The van der Waals surface area contributed by atoms with Crippen LogP contribution < -0.4 is 4.90 Å². The number of carbonyl (C=O) groups excluding carboxylic acids is 2. The monoisotopic (exact) mass is 339 g/mol. The molecule has 2 aromatic rings. The number of phenols is 2. The zero-order chi connectivity index (χ0) is 18.1. The standard InChI is InChI=1S/C19H17NO5/c1-2-14(22)16-17(11-6-5-7-12(21)10-11)20(19(25)18(16)24)13-8-3-4-9-15(13)23/h3-10,17,21,23-24H,2H2,1H3. The second-order valence-electron chi connectivity index (χ2n) is 5.70. The smallest absolute Gasteiger partial charge is 0.294 e. The molecule has 3 rings (SSSR count). The molecule has 1 heterocycles. The number of phenolic OH excluding ortho intramolecular Hbond substituents is 2. The number of para-hydroxylation sites is 2. The summed E-state index contributed by atoms with van der Waals surface area (Å²) in [5, 5.41) is 30.2. The third-order valence-electron chi connectivity index (χ3n) is 4.16. The van der Waals surface area contributed by atoms with Gasteiger partial charge < -0.3 is 15.3 Å². The summed E-state index contributed by atoms with van der Waals surface area (Å²) in [5.41, 5.74) is 0.588. The number of carbonyl (C=O) groups is 2. The average Bonchev–Trinajstić information content (AvgIpc) is 2.86. The molecule has 1 aliphatic rings. The maximum Gasteiger partial charge on any atom is 0.294 e. The summed E-state index contributed by atoms with van der Waals surface area (Å²) in [6.07, 6.45) is 0.108. The number of anilines is 1. The van der Waals surface area contributed by atoms with E-state index in [2.05, 4.69) is 0 Å².